The van der Waals surface area contributed by atoms with Crippen molar-refractivity contribution < 1.29 is 9.66 Å². The number of nitrogens with one attached hydrogen (secondary N) is 1. The fourth-order valence-electron chi connectivity index (χ4n) is 1.51. The van der Waals surface area contributed by atoms with Crippen LogP contribution in [-0.2, 0) is 0 Å². The highest BCUT2D eigenvalue weighted by Gasteiger charge is 2.14. The van der Waals surface area contributed by atoms with Crippen molar-refractivity contribution in [1.82, 2.24) is 0 Å². The second kappa shape index (κ2) is 7.81. The molecule has 0 aliphatic rings. The van der Waals surface area contributed by atoms with Gasteiger partial charge in [0.2, 0.25) is 0 Å². The van der Waals surface area contributed by atoms with Crippen molar-refractivity contribution >= 4 is 23.1 Å². The zero-order valence-corrected chi connectivity index (χ0v) is 11.5. The predicted octanol–water partition coefficient (Wildman–Crippen LogP) is 3.16. The van der Waals surface area contributed by atoms with Crippen LogP contribution in [0.25, 0.3) is 0 Å². The van der Waals surface area contributed by atoms with Gasteiger partial charge in [-0.1, -0.05) is 0 Å². The molecule has 100 valence electrons. The van der Waals surface area contributed by atoms with Crippen molar-refractivity contribution in [2.45, 2.75) is 13.3 Å². The molecule has 0 aliphatic carbocycles. The fraction of sp³-hybridized carbons (Fsp3) is 0.500. The van der Waals surface area contributed by atoms with Crippen LogP contribution in [0.5, 0.6) is 5.75 Å². The molecule has 0 saturated heterocycles. The van der Waals surface area contributed by atoms with Crippen LogP contribution in [0.3, 0.4) is 0 Å². The number of rotatable bonds is 8. The first-order chi connectivity index (χ1) is 8.69. The van der Waals surface area contributed by atoms with Crippen molar-refractivity contribution in [2.24, 2.45) is 0 Å². The Kier molecular flexibility index (Phi) is 6.35. The molecule has 1 N–H and O–H groups in total. The average Bonchev–Trinajstić information content (AvgIpc) is 2.36. The van der Waals surface area contributed by atoms with Crippen molar-refractivity contribution in [3.8, 4) is 5.75 Å². The number of nitro groups is 1. The lowest BCUT2D eigenvalue weighted by atomic mass is 10.2. The van der Waals surface area contributed by atoms with Crippen LogP contribution in [0, 0.1) is 10.1 Å². The van der Waals surface area contributed by atoms with Crippen molar-refractivity contribution in [2.75, 3.05) is 30.5 Å². The summed E-state index contributed by atoms with van der Waals surface area (Å²) in [4.78, 5) is 10.6. The molecule has 0 heterocycles. The number of nitrogens with zero attached hydrogens (tertiary/aromatic N) is 1. The average molecular weight is 270 g/mol. The number of hydrogen-bond donors (Lipinski definition) is 1. The minimum Gasteiger partial charge on any atom is -0.494 e. The zero-order chi connectivity index (χ0) is 13.4. The highest BCUT2D eigenvalue weighted by Crippen LogP contribution is 2.29. The van der Waals surface area contributed by atoms with E-state index in [9.17, 15) is 10.1 Å². The molecule has 5 nitrogen and oxygen atoms in total. The summed E-state index contributed by atoms with van der Waals surface area (Å²) in [5.74, 6) is 1.57. The molecule has 6 heteroatoms. The van der Waals surface area contributed by atoms with Crippen LogP contribution >= 0.6 is 11.8 Å². The summed E-state index contributed by atoms with van der Waals surface area (Å²) >= 11 is 1.76. The first-order valence-electron chi connectivity index (χ1n) is 5.83. The van der Waals surface area contributed by atoms with E-state index in [4.69, 9.17) is 4.74 Å². The second-order valence-corrected chi connectivity index (χ2v) is 4.63. The smallest absolute Gasteiger partial charge is 0.296 e. The summed E-state index contributed by atoms with van der Waals surface area (Å²) in [6, 6.07) is 4.90. The summed E-state index contributed by atoms with van der Waals surface area (Å²) in [6.07, 6.45) is 3.02. The Morgan fingerprint density at radius 1 is 1.50 bits per heavy atom. The molecular weight excluding hydrogens is 252 g/mol. The second-order valence-electron chi connectivity index (χ2n) is 3.64. The van der Waals surface area contributed by atoms with Crippen LogP contribution < -0.4 is 10.1 Å². The molecular formula is C12H18N2O3S. The highest BCUT2D eigenvalue weighted by molar-refractivity contribution is 7.98. The zero-order valence-electron chi connectivity index (χ0n) is 10.6. The Balaban J connectivity index is 2.73. The van der Waals surface area contributed by atoms with Gasteiger partial charge in [-0.15, -0.1) is 0 Å². The lowest BCUT2D eigenvalue weighted by molar-refractivity contribution is -0.384. The van der Waals surface area contributed by atoms with Crippen molar-refractivity contribution in [1.29, 1.82) is 0 Å². The monoisotopic (exact) mass is 270 g/mol. The van der Waals surface area contributed by atoms with Crippen molar-refractivity contribution in [3.05, 3.63) is 28.3 Å². The highest BCUT2D eigenvalue weighted by atomic mass is 32.2. The van der Waals surface area contributed by atoms with Gasteiger partial charge < -0.3 is 10.1 Å². The van der Waals surface area contributed by atoms with Gasteiger partial charge in [-0.2, -0.15) is 11.8 Å². The Labute approximate surface area is 111 Å². The van der Waals surface area contributed by atoms with Crippen LogP contribution in [0.15, 0.2) is 18.2 Å². The normalized spacial score (nSPS) is 10.1. The summed E-state index contributed by atoms with van der Waals surface area (Å²) in [5.41, 5.74) is 0.606. The van der Waals surface area contributed by atoms with Gasteiger partial charge in [-0.3, -0.25) is 10.1 Å². The van der Waals surface area contributed by atoms with E-state index in [1.54, 1.807) is 23.9 Å². The maximum atomic E-state index is 11.0. The molecule has 0 radical (unpaired) electrons. The quantitative estimate of drug-likeness (QED) is 0.446. The maximum absolute atomic E-state index is 11.0. The van der Waals surface area contributed by atoms with E-state index in [2.05, 4.69) is 5.32 Å². The number of benzene rings is 1. The van der Waals surface area contributed by atoms with Crippen LogP contribution in [0.4, 0.5) is 11.4 Å². The SMILES string of the molecule is CCOc1ccc(NCCCSC)c([N+](=O)[O-])c1. The van der Waals surface area contributed by atoms with Crippen molar-refractivity contribution in [3.63, 3.8) is 0 Å². The number of ether oxygens (including phenoxy) is 1. The van der Waals surface area contributed by atoms with Crippen LogP contribution in [-0.4, -0.2) is 30.1 Å². The lowest BCUT2D eigenvalue weighted by Crippen LogP contribution is -2.05. The topological polar surface area (TPSA) is 64.4 Å². The van der Waals surface area contributed by atoms with Gasteiger partial charge in [0.15, 0.2) is 0 Å². The third kappa shape index (κ3) is 4.44. The number of thioether (sulfide) groups is 1. The molecule has 0 amide bonds. The first-order valence-corrected chi connectivity index (χ1v) is 7.22. The molecule has 0 spiro atoms. The van der Waals surface area contributed by atoms with Gasteiger partial charge in [0.05, 0.1) is 17.6 Å². The summed E-state index contributed by atoms with van der Waals surface area (Å²) < 4.78 is 5.26. The van der Waals surface area contributed by atoms with Gasteiger partial charge in [0, 0.05) is 6.54 Å². The number of nitro benzene ring substituents is 1. The minimum atomic E-state index is -0.389. The Morgan fingerprint density at radius 3 is 2.89 bits per heavy atom. The molecule has 18 heavy (non-hydrogen) atoms. The molecule has 0 saturated carbocycles. The molecule has 0 unspecified atom stereocenters. The number of hydrogen-bond acceptors (Lipinski definition) is 5. The Bertz CT molecular complexity index is 399. The minimum absolute atomic E-state index is 0.0603. The molecule has 0 bridgehead atoms. The molecule has 0 aromatic heterocycles. The van der Waals surface area contributed by atoms with Gasteiger partial charge in [-0.25, -0.2) is 0 Å². The van der Waals surface area contributed by atoms with Gasteiger partial charge in [0.1, 0.15) is 11.4 Å². The Hall–Kier alpha value is -1.43. The van der Waals surface area contributed by atoms with Gasteiger partial charge >= 0.3 is 0 Å². The molecule has 1 rings (SSSR count). The maximum Gasteiger partial charge on any atom is 0.296 e. The van der Waals surface area contributed by atoms with E-state index in [-0.39, 0.29) is 10.6 Å². The third-order valence-corrected chi connectivity index (χ3v) is 3.01. The lowest BCUT2D eigenvalue weighted by Gasteiger charge is -2.08. The largest absolute Gasteiger partial charge is 0.494 e. The number of anilines is 1. The van der Waals surface area contributed by atoms with Crippen LogP contribution in [0.1, 0.15) is 13.3 Å². The van der Waals surface area contributed by atoms with Gasteiger partial charge in [0.25, 0.3) is 5.69 Å². The standard InChI is InChI=1S/C12H18N2O3S/c1-3-17-10-5-6-11(12(9-10)14(15)16)13-7-4-8-18-2/h5-6,9,13H,3-4,7-8H2,1-2H3. The molecule has 0 atom stereocenters. The van der Waals surface area contributed by atoms with E-state index in [1.807, 2.05) is 13.2 Å². The molecule has 0 aliphatic heterocycles. The fourth-order valence-corrected chi connectivity index (χ4v) is 1.94. The predicted molar refractivity (Wildman–Crippen MR) is 75.8 cm³/mol. The van der Waals surface area contributed by atoms with Gasteiger partial charge in [-0.05, 0) is 37.5 Å². The Morgan fingerprint density at radius 2 is 2.28 bits per heavy atom. The molecule has 1 aromatic rings. The first kappa shape index (κ1) is 14.6. The van der Waals surface area contributed by atoms with E-state index >= 15 is 0 Å². The summed E-state index contributed by atoms with van der Waals surface area (Å²) in [6.45, 7) is 3.08. The van der Waals surface area contributed by atoms with E-state index < -0.39 is 0 Å². The van der Waals surface area contributed by atoms with E-state index in [0.29, 0.717) is 18.0 Å². The van der Waals surface area contributed by atoms with E-state index in [1.165, 1.54) is 6.07 Å². The van der Waals surface area contributed by atoms with Crippen LogP contribution in [0.2, 0.25) is 0 Å². The van der Waals surface area contributed by atoms with E-state index in [0.717, 1.165) is 18.7 Å². The summed E-state index contributed by atoms with van der Waals surface area (Å²) in [5, 5.41) is 14.1. The molecule has 1 aromatic carbocycles. The third-order valence-electron chi connectivity index (χ3n) is 2.32. The summed E-state index contributed by atoms with van der Waals surface area (Å²) in [7, 11) is 0. The molecule has 0 fully saturated rings.